The minimum absolute atomic E-state index is 0.0486. The zero-order valence-corrected chi connectivity index (χ0v) is 23.9. The summed E-state index contributed by atoms with van der Waals surface area (Å²) in [5, 5.41) is 22.5. The number of ether oxygens (including phenoxy) is 2. The number of carbonyl (C=O) groups excluding carboxylic acids is 2. The highest BCUT2D eigenvalue weighted by Crippen LogP contribution is 2.24. The molecule has 0 atom stereocenters. The van der Waals surface area contributed by atoms with Crippen LogP contribution in [0.1, 0.15) is 54.4 Å². The molecule has 2 aromatic rings. The lowest BCUT2D eigenvalue weighted by Crippen LogP contribution is -2.46. The summed E-state index contributed by atoms with van der Waals surface area (Å²) in [5.74, 6) is 0.668. The van der Waals surface area contributed by atoms with Crippen LogP contribution < -0.4 is 19.3 Å². The van der Waals surface area contributed by atoms with Crippen LogP contribution >= 0.6 is 0 Å². The molecule has 0 radical (unpaired) electrons. The van der Waals surface area contributed by atoms with Gasteiger partial charge in [0.25, 0.3) is 0 Å². The van der Waals surface area contributed by atoms with Gasteiger partial charge in [-0.2, -0.15) is 0 Å². The molecule has 0 aliphatic heterocycles. The molecule has 2 rings (SSSR count). The molecule has 0 spiro atoms. The van der Waals surface area contributed by atoms with E-state index in [9.17, 15) is 29.8 Å². The van der Waals surface area contributed by atoms with E-state index in [0.29, 0.717) is 36.1 Å². The maximum atomic E-state index is 12.1. The van der Waals surface area contributed by atoms with Gasteiger partial charge in [0.05, 0.1) is 26.3 Å². The number of hydrogen-bond acceptors (Lipinski definition) is 8. The number of rotatable bonds is 15. The Morgan fingerprint density at radius 2 is 0.975 bits per heavy atom. The lowest BCUT2D eigenvalue weighted by molar-refractivity contribution is -0.557. The van der Waals surface area contributed by atoms with E-state index in [1.54, 1.807) is 48.5 Å². The summed E-state index contributed by atoms with van der Waals surface area (Å²) in [7, 11) is 0. The van der Waals surface area contributed by atoms with E-state index in [2.05, 4.69) is 0 Å². The Balaban J connectivity index is 1.80. The van der Waals surface area contributed by atoms with Crippen LogP contribution in [0, 0.1) is 20.2 Å². The zero-order valence-electron chi connectivity index (χ0n) is 23.9. The zero-order chi connectivity index (χ0) is 30.1. The molecule has 0 saturated heterocycles. The van der Waals surface area contributed by atoms with Gasteiger partial charge in [0.1, 0.15) is 11.5 Å². The smallest absolute Gasteiger partial charge is 0.234 e. The summed E-state index contributed by atoms with van der Waals surface area (Å²) in [6.45, 7) is 9.46. The van der Waals surface area contributed by atoms with Crippen LogP contribution in [0.4, 0.5) is 11.4 Å². The first kappa shape index (κ1) is 32.0. The van der Waals surface area contributed by atoms with Gasteiger partial charge in [0.2, 0.25) is 22.9 Å². The summed E-state index contributed by atoms with van der Waals surface area (Å²) in [5.41, 5.74) is -1.45. The molecule has 2 aromatic carbocycles. The lowest BCUT2D eigenvalue weighted by atomic mass is 10.1. The topological polar surface area (TPSA) is 145 Å². The minimum Gasteiger partial charge on any atom is -0.494 e. The molecule has 12 nitrogen and oxygen atoms in total. The molecule has 0 unspecified atom stereocenters. The highest BCUT2D eigenvalue weighted by Gasteiger charge is 2.35. The molecule has 12 heteroatoms. The van der Waals surface area contributed by atoms with Crippen molar-refractivity contribution in [1.29, 1.82) is 0 Å². The fourth-order valence-electron chi connectivity index (χ4n) is 3.69. The summed E-state index contributed by atoms with van der Waals surface area (Å²) >= 11 is 0. The maximum absolute atomic E-state index is 12.1. The Bertz CT molecular complexity index is 1090. The van der Waals surface area contributed by atoms with Crippen molar-refractivity contribution in [2.75, 3.05) is 36.1 Å². The van der Waals surface area contributed by atoms with Gasteiger partial charge in [-0.05, 0) is 61.4 Å². The second-order valence-corrected chi connectivity index (χ2v) is 10.7. The molecule has 0 fully saturated rings. The van der Waals surface area contributed by atoms with Crippen molar-refractivity contribution in [3.05, 3.63) is 68.8 Å². The van der Waals surface area contributed by atoms with Crippen molar-refractivity contribution in [1.82, 2.24) is 0 Å². The van der Waals surface area contributed by atoms with E-state index in [0.717, 1.165) is 12.8 Å². The van der Waals surface area contributed by atoms with Crippen LogP contribution in [0.5, 0.6) is 11.5 Å². The first-order chi connectivity index (χ1) is 18.6. The summed E-state index contributed by atoms with van der Waals surface area (Å²) in [6, 6.07) is 13.7. The molecule has 0 aromatic heterocycles. The summed E-state index contributed by atoms with van der Waals surface area (Å²) in [6.07, 6.45) is 1.45. The third kappa shape index (κ3) is 9.21. The predicted molar refractivity (Wildman–Crippen MR) is 151 cm³/mol. The number of unbranched alkanes of at least 4 members (excludes halogenated alkanes) is 1. The van der Waals surface area contributed by atoms with Crippen molar-refractivity contribution < 1.29 is 28.9 Å². The number of carbonyl (C=O) groups is 2. The Labute approximate surface area is 234 Å². The van der Waals surface area contributed by atoms with E-state index in [4.69, 9.17) is 9.47 Å². The van der Waals surface area contributed by atoms with Crippen LogP contribution in [-0.4, -0.2) is 59.0 Å². The Morgan fingerprint density at radius 3 is 1.23 bits per heavy atom. The standard InChI is InChI=1S/C28H38N4O8/c1-21(33)29(19-27(3,4)31(35)36)23-9-13-25(14-10-23)39-17-7-8-18-40-26-15-11-24(12-16-26)30(22(2)34)20-28(5,6)32(37)38/h9-16H,7-8,17-20H2,1-6H3. The van der Waals surface area contributed by atoms with Crippen molar-refractivity contribution in [3.63, 3.8) is 0 Å². The van der Waals surface area contributed by atoms with Crippen molar-refractivity contribution in [2.24, 2.45) is 0 Å². The average molecular weight is 559 g/mol. The summed E-state index contributed by atoms with van der Waals surface area (Å²) in [4.78, 5) is 48.6. The SMILES string of the molecule is CC(=O)N(CC(C)(C)[N+](=O)[O-])c1ccc(OCCCCOc2ccc(N(CC(C)(C)[N+](=O)[O-])C(C)=O)cc2)cc1. The van der Waals surface area contributed by atoms with Gasteiger partial charge in [0, 0.05) is 62.8 Å². The number of benzene rings is 2. The second kappa shape index (κ2) is 13.7. The third-order valence-corrected chi connectivity index (χ3v) is 6.21. The Hall–Kier alpha value is -4.22. The number of anilines is 2. The fourth-order valence-corrected chi connectivity index (χ4v) is 3.69. The maximum Gasteiger partial charge on any atom is 0.234 e. The highest BCUT2D eigenvalue weighted by atomic mass is 16.6. The first-order valence-corrected chi connectivity index (χ1v) is 12.9. The van der Waals surface area contributed by atoms with Gasteiger partial charge < -0.3 is 19.3 Å². The van der Waals surface area contributed by atoms with Crippen molar-refractivity contribution in [3.8, 4) is 11.5 Å². The number of nitro groups is 2. The third-order valence-electron chi connectivity index (χ3n) is 6.21. The molecule has 2 amide bonds. The number of nitrogens with zero attached hydrogens (tertiary/aromatic N) is 4. The molecule has 0 N–H and O–H groups in total. The van der Waals surface area contributed by atoms with Gasteiger partial charge in [-0.15, -0.1) is 0 Å². The number of amides is 2. The summed E-state index contributed by atoms with van der Waals surface area (Å²) < 4.78 is 11.5. The second-order valence-electron chi connectivity index (χ2n) is 10.7. The first-order valence-electron chi connectivity index (χ1n) is 12.9. The van der Waals surface area contributed by atoms with E-state index < -0.39 is 20.9 Å². The highest BCUT2D eigenvalue weighted by molar-refractivity contribution is 5.92. The minimum atomic E-state index is -1.28. The molecule has 218 valence electrons. The van der Waals surface area contributed by atoms with Crippen LogP contribution in [0.15, 0.2) is 48.5 Å². The fraction of sp³-hybridized carbons (Fsp3) is 0.500. The molecular formula is C28H38N4O8. The largest absolute Gasteiger partial charge is 0.494 e. The van der Waals surface area contributed by atoms with Gasteiger partial charge in [-0.25, -0.2) is 0 Å². The molecule has 0 aliphatic carbocycles. The Kier molecular flexibility index (Phi) is 11.0. The molecule has 40 heavy (non-hydrogen) atoms. The Morgan fingerprint density at radius 1 is 0.675 bits per heavy atom. The van der Waals surface area contributed by atoms with Gasteiger partial charge >= 0.3 is 0 Å². The monoisotopic (exact) mass is 558 g/mol. The van der Waals surface area contributed by atoms with E-state index in [1.807, 2.05) is 0 Å². The quantitative estimate of drug-likeness (QED) is 0.173. The molecule has 0 bridgehead atoms. The van der Waals surface area contributed by atoms with E-state index >= 15 is 0 Å². The van der Waals surface area contributed by atoms with Crippen LogP contribution in [0.2, 0.25) is 0 Å². The molecule has 0 aliphatic rings. The lowest BCUT2D eigenvalue weighted by Gasteiger charge is -2.26. The van der Waals surface area contributed by atoms with E-state index in [1.165, 1.54) is 51.3 Å². The van der Waals surface area contributed by atoms with Crippen molar-refractivity contribution in [2.45, 2.75) is 65.5 Å². The van der Waals surface area contributed by atoms with Gasteiger partial charge in [0.15, 0.2) is 0 Å². The molecule has 0 heterocycles. The number of hydrogen-bond donors (Lipinski definition) is 0. The van der Waals surface area contributed by atoms with Crippen molar-refractivity contribution >= 4 is 23.2 Å². The van der Waals surface area contributed by atoms with Crippen LogP contribution in [0.25, 0.3) is 0 Å². The normalized spacial score (nSPS) is 11.4. The average Bonchev–Trinajstić information content (AvgIpc) is 2.88. The predicted octanol–water partition coefficient (Wildman–Crippen LogP) is 4.74. The molecular weight excluding hydrogens is 520 g/mol. The van der Waals surface area contributed by atoms with Gasteiger partial charge in [-0.3, -0.25) is 29.8 Å². The van der Waals surface area contributed by atoms with Crippen LogP contribution in [-0.2, 0) is 9.59 Å². The van der Waals surface area contributed by atoms with E-state index in [-0.39, 0.29) is 24.9 Å². The van der Waals surface area contributed by atoms with Gasteiger partial charge in [-0.1, -0.05) is 0 Å². The molecule has 0 saturated carbocycles. The van der Waals surface area contributed by atoms with Crippen LogP contribution in [0.3, 0.4) is 0 Å².